The molecule has 1 amide bonds. The smallest absolute Gasteiger partial charge is 0.262 e. The topological polar surface area (TPSA) is 63.2 Å². The zero-order chi connectivity index (χ0) is 16.0. The largest absolute Gasteiger partial charge is 0.349 e. The Labute approximate surface area is 135 Å². The highest BCUT2D eigenvalue weighted by Gasteiger charge is 2.21. The predicted molar refractivity (Wildman–Crippen MR) is 87.8 cm³/mol. The summed E-state index contributed by atoms with van der Waals surface area (Å²) < 4.78 is 22.8. The highest BCUT2D eigenvalue weighted by atomic mass is 35.7. The van der Waals surface area contributed by atoms with E-state index in [-0.39, 0.29) is 16.8 Å². The van der Waals surface area contributed by atoms with Gasteiger partial charge < -0.3 is 5.32 Å². The molecule has 1 aromatic rings. The molecule has 0 aliphatic carbocycles. The fourth-order valence-corrected chi connectivity index (χ4v) is 4.73. The predicted octanol–water partition coefficient (Wildman–Crippen LogP) is 4.07. The van der Waals surface area contributed by atoms with Crippen LogP contribution in [0.3, 0.4) is 0 Å². The first-order chi connectivity index (χ1) is 9.79. The average Bonchev–Trinajstić information content (AvgIpc) is 2.78. The number of rotatable bonds is 8. The number of amides is 1. The molecular weight excluding hydrogens is 330 g/mol. The average molecular weight is 352 g/mol. The van der Waals surface area contributed by atoms with Crippen molar-refractivity contribution in [3.63, 3.8) is 0 Å². The van der Waals surface area contributed by atoms with Crippen LogP contribution in [0, 0.1) is 6.92 Å². The zero-order valence-corrected chi connectivity index (χ0v) is 15.0. The van der Waals surface area contributed by atoms with E-state index < -0.39 is 9.05 Å². The van der Waals surface area contributed by atoms with E-state index in [2.05, 4.69) is 19.2 Å². The molecule has 1 rings (SSSR count). The van der Waals surface area contributed by atoms with Gasteiger partial charge in [0, 0.05) is 21.6 Å². The minimum absolute atomic E-state index is 0.0277. The summed E-state index contributed by atoms with van der Waals surface area (Å²) in [7, 11) is 1.56. The standard InChI is InChI=1S/C14H22ClNO3S2/c1-4-6-8-11(7-5-2)16-14(17)12-9-13(10(3)20-12)21(15,18)19/h9,11H,4-8H2,1-3H3,(H,16,17). The van der Waals surface area contributed by atoms with Gasteiger partial charge in [-0.2, -0.15) is 0 Å². The van der Waals surface area contributed by atoms with Crippen molar-refractivity contribution in [3.05, 3.63) is 15.8 Å². The molecule has 21 heavy (non-hydrogen) atoms. The Balaban J connectivity index is 2.83. The lowest BCUT2D eigenvalue weighted by Gasteiger charge is -2.17. The molecule has 0 aromatic carbocycles. The maximum Gasteiger partial charge on any atom is 0.262 e. The van der Waals surface area contributed by atoms with E-state index in [4.69, 9.17) is 10.7 Å². The number of carbonyl (C=O) groups is 1. The van der Waals surface area contributed by atoms with Gasteiger partial charge in [-0.1, -0.05) is 33.1 Å². The first-order valence-electron chi connectivity index (χ1n) is 7.15. The second-order valence-corrected chi connectivity index (χ2v) is 8.86. The summed E-state index contributed by atoms with van der Waals surface area (Å²) in [6.45, 7) is 5.85. The molecule has 0 aliphatic heterocycles. The van der Waals surface area contributed by atoms with Crippen molar-refractivity contribution in [2.75, 3.05) is 0 Å². The lowest BCUT2D eigenvalue weighted by Crippen LogP contribution is -2.34. The number of nitrogens with one attached hydrogen (secondary N) is 1. The van der Waals surface area contributed by atoms with Gasteiger partial charge in [-0.3, -0.25) is 4.79 Å². The number of thiophene rings is 1. The Morgan fingerprint density at radius 1 is 1.33 bits per heavy atom. The SMILES string of the molecule is CCCCC(CCC)NC(=O)c1cc(S(=O)(=O)Cl)c(C)s1. The zero-order valence-electron chi connectivity index (χ0n) is 12.6. The van der Waals surface area contributed by atoms with Crippen LogP contribution < -0.4 is 5.32 Å². The minimum Gasteiger partial charge on any atom is -0.349 e. The monoisotopic (exact) mass is 351 g/mol. The molecule has 1 aromatic heterocycles. The van der Waals surface area contributed by atoms with Gasteiger partial charge in [0.05, 0.1) is 9.77 Å². The van der Waals surface area contributed by atoms with Crippen LogP contribution >= 0.6 is 22.0 Å². The summed E-state index contributed by atoms with van der Waals surface area (Å²) in [6, 6.07) is 1.50. The molecule has 120 valence electrons. The quantitative estimate of drug-likeness (QED) is 0.718. The third kappa shape index (κ3) is 5.60. The third-order valence-corrected chi connectivity index (χ3v) is 5.86. The summed E-state index contributed by atoms with van der Waals surface area (Å²) in [4.78, 5) is 13.2. The fourth-order valence-electron chi connectivity index (χ4n) is 2.16. The highest BCUT2D eigenvalue weighted by Crippen LogP contribution is 2.28. The molecule has 1 heterocycles. The van der Waals surface area contributed by atoms with Crippen molar-refractivity contribution in [3.8, 4) is 0 Å². The summed E-state index contributed by atoms with van der Waals surface area (Å²) in [5, 5.41) is 2.99. The molecule has 0 saturated carbocycles. The summed E-state index contributed by atoms with van der Waals surface area (Å²) >= 11 is 1.16. The number of aryl methyl sites for hydroxylation is 1. The first kappa shape index (κ1) is 18.5. The Kier molecular flexibility index (Phi) is 7.16. The molecule has 1 N–H and O–H groups in total. The summed E-state index contributed by atoms with van der Waals surface area (Å²) in [5.74, 6) is -0.218. The molecule has 7 heteroatoms. The molecule has 1 atom stereocenters. The molecule has 0 fully saturated rings. The van der Waals surface area contributed by atoms with E-state index in [9.17, 15) is 13.2 Å². The van der Waals surface area contributed by atoms with Crippen LogP contribution in [0.15, 0.2) is 11.0 Å². The number of unbranched alkanes of at least 4 members (excludes halogenated alkanes) is 1. The van der Waals surface area contributed by atoms with Crippen LogP contribution in [0.25, 0.3) is 0 Å². The first-order valence-corrected chi connectivity index (χ1v) is 10.3. The van der Waals surface area contributed by atoms with Crippen LogP contribution in [0.5, 0.6) is 0 Å². The highest BCUT2D eigenvalue weighted by molar-refractivity contribution is 8.13. The molecule has 0 spiro atoms. The minimum atomic E-state index is -3.80. The normalized spacial score (nSPS) is 13.1. The van der Waals surface area contributed by atoms with E-state index in [1.807, 2.05) is 0 Å². The molecule has 0 aliphatic rings. The molecule has 0 saturated heterocycles. The van der Waals surface area contributed by atoms with Gasteiger partial charge in [0.1, 0.15) is 0 Å². The molecular formula is C14H22ClNO3S2. The van der Waals surface area contributed by atoms with Crippen molar-refractivity contribution >= 4 is 37.0 Å². The molecule has 0 radical (unpaired) electrons. The van der Waals surface area contributed by atoms with Gasteiger partial charge in [0.25, 0.3) is 15.0 Å². The molecule has 1 unspecified atom stereocenters. The number of hydrogen-bond acceptors (Lipinski definition) is 4. The lowest BCUT2D eigenvalue weighted by atomic mass is 10.1. The molecule has 0 bridgehead atoms. The van der Waals surface area contributed by atoms with E-state index >= 15 is 0 Å². The Bertz CT molecular complexity index is 581. The third-order valence-electron chi connectivity index (χ3n) is 3.24. The maximum atomic E-state index is 12.2. The van der Waals surface area contributed by atoms with Crippen LogP contribution in [0.1, 0.15) is 60.5 Å². The van der Waals surface area contributed by atoms with Crippen LogP contribution in [0.4, 0.5) is 0 Å². The van der Waals surface area contributed by atoms with Crippen molar-refractivity contribution < 1.29 is 13.2 Å². The maximum absolute atomic E-state index is 12.2. The lowest BCUT2D eigenvalue weighted by molar-refractivity contribution is 0.0936. The second-order valence-electron chi connectivity index (χ2n) is 5.07. The Morgan fingerprint density at radius 2 is 2.00 bits per heavy atom. The van der Waals surface area contributed by atoms with Gasteiger partial charge in [0.2, 0.25) is 0 Å². The fraction of sp³-hybridized carbons (Fsp3) is 0.643. The van der Waals surface area contributed by atoms with Gasteiger partial charge in [-0.15, -0.1) is 11.3 Å². The second kappa shape index (κ2) is 8.15. The van der Waals surface area contributed by atoms with Crippen molar-refractivity contribution in [2.45, 2.75) is 63.8 Å². The molecule has 4 nitrogen and oxygen atoms in total. The Morgan fingerprint density at radius 3 is 2.48 bits per heavy atom. The van der Waals surface area contributed by atoms with Crippen LogP contribution in [-0.4, -0.2) is 20.4 Å². The van der Waals surface area contributed by atoms with Crippen LogP contribution in [0.2, 0.25) is 0 Å². The number of halogens is 1. The van der Waals surface area contributed by atoms with Crippen molar-refractivity contribution in [2.24, 2.45) is 0 Å². The van der Waals surface area contributed by atoms with Gasteiger partial charge in [-0.05, 0) is 25.8 Å². The van der Waals surface area contributed by atoms with Crippen LogP contribution in [-0.2, 0) is 9.05 Å². The number of carbonyl (C=O) groups excluding carboxylic acids is 1. The van der Waals surface area contributed by atoms with E-state index in [0.717, 1.165) is 43.4 Å². The number of hydrogen-bond donors (Lipinski definition) is 1. The van der Waals surface area contributed by atoms with Crippen molar-refractivity contribution in [1.29, 1.82) is 0 Å². The van der Waals surface area contributed by atoms with Gasteiger partial charge in [-0.25, -0.2) is 8.42 Å². The van der Waals surface area contributed by atoms with Crippen molar-refractivity contribution in [1.82, 2.24) is 5.32 Å². The van der Waals surface area contributed by atoms with E-state index in [1.54, 1.807) is 6.92 Å². The van der Waals surface area contributed by atoms with Gasteiger partial charge >= 0.3 is 0 Å². The van der Waals surface area contributed by atoms with E-state index in [1.165, 1.54) is 6.07 Å². The Hall–Kier alpha value is -0.590. The van der Waals surface area contributed by atoms with E-state index in [0.29, 0.717) is 9.75 Å². The van der Waals surface area contributed by atoms with Gasteiger partial charge in [0.15, 0.2) is 0 Å². The summed E-state index contributed by atoms with van der Waals surface area (Å²) in [6.07, 6.45) is 5.02. The summed E-state index contributed by atoms with van der Waals surface area (Å²) in [5.41, 5.74) is 0.